The summed E-state index contributed by atoms with van der Waals surface area (Å²) < 4.78 is 28.8. The molecule has 6 heteroatoms. The number of rotatable bonds is 5. The molecule has 0 unspecified atom stereocenters. The Morgan fingerprint density at radius 3 is 2.65 bits per heavy atom. The van der Waals surface area contributed by atoms with Gasteiger partial charge in [0.2, 0.25) is 0 Å². The standard InChI is InChI=1S/C14H17F2NO3/c15-13(16)20-11-6-2-1-5-10(11)12(18)17-9-14(19)7-3-4-8-14/h1-2,5-6,13,19H,3-4,7-9H2,(H,17,18). The first-order valence-electron chi connectivity index (χ1n) is 6.55. The van der Waals surface area contributed by atoms with Crippen LogP contribution in [0.1, 0.15) is 36.0 Å². The van der Waals surface area contributed by atoms with Crippen LogP contribution in [0.3, 0.4) is 0 Å². The Morgan fingerprint density at radius 1 is 1.35 bits per heavy atom. The molecule has 20 heavy (non-hydrogen) atoms. The summed E-state index contributed by atoms with van der Waals surface area (Å²) in [6.07, 6.45) is 3.14. The molecule has 1 aromatic rings. The van der Waals surface area contributed by atoms with E-state index in [1.165, 1.54) is 18.2 Å². The van der Waals surface area contributed by atoms with Crippen molar-refractivity contribution in [2.45, 2.75) is 37.9 Å². The second-order valence-electron chi connectivity index (χ2n) is 4.99. The van der Waals surface area contributed by atoms with Crippen molar-refractivity contribution in [3.63, 3.8) is 0 Å². The minimum atomic E-state index is -2.98. The summed E-state index contributed by atoms with van der Waals surface area (Å²) in [6.45, 7) is -2.86. The molecule has 1 aliphatic carbocycles. The maximum absolute atomic E-state index is 12.3. The van der Waals surface area contributed by atoms with Crippen molar-refractivity contribution in [2.75, 3.05) is 6.54 Å². The fourth-order valence-corrected chi connectivity index (χ4v) is 2.40. The van der Waals surface area contributed by atoms with Crippen LogP contribution in [0.15, 0.2) is 24.3 Å². The summed E-state index contributed by atoms with van der Waals surface area (Å²) in [4.78, 5) is 12.0. The zero-order chi connectivity index (χ0) is 14.6. The van der Waals surface area contributed by atoms with Crippen molar-refractivity contribution in [1.82, 2.24) is 5.32 Å². The largest absolute Gasteiger partial charge is 0.434 e. The van der Waals surface area contributed by atoms with Gasteiger partial charge < -0.3 is 15.2 Å². The predicted molar refractivity (Wildman–Crippen MR) is 68.8 cm³/mol. The number of nitrogens with one attached hydrogen (secondary N) is 1. The van der Waals surface area contributed by atoms with Gasteiger partial charge in [-0.1, -0.05) is 25.0 Å². The van der Waals surface area contributed by atoms with Gasteiger partial charge in [-0.3, -0.25) is 4.79 Å². The Hall–Kier alpha value is -1.69. The van der Waals surface area contributed by atoms with Crippen LogP contribution in [0, 0.1) is 0 Å². The molecule has 110 valence electrons. The molecule has 0 aliphatic heterocycles. The number of aliphatic hydroxyl groups is 1. The molecule has 0 saturated heterocycles. The van der Waals surface area contributed by atoms with Crippen LogP contribution >= 0.6 is 0 Å². The van der Waals surface area contributed by atoms with Crippen LogP contribution in [-0.4, -0.2) is 29.8 Å². The molecule has 1 amide bonds. The zero-order valence-corrected chi connectivity index (χ0v) is 10.9. The smallest absolute Gasteiger partial charge is 0.387 e. The Kier molecular flexibility index (Phi) is 4.54. The number of halogens is 2. The summed E-state index contributed by atoms with van der Waals surface area (Å²) in [7, 11) is 0. The molecule has 1 fully saturated rings. The first kappa shape index (κ1) is 14.7. The van der Waals surface area contributed by atoms with Crippen LogP contribution in [0.5, 0.6) is 5.75 Å². The van der Waals surface area contributed by atoms with E-state index in [9.17, 15) is 18.7 Å². The molecule has 1 aliphatic rings. The number of alkyl halides is 2. The highest BCUT2D eigenvalue weighted by Crippen LogP contribution is 2.29. The molecule has 0 aromatic heterocycles. The number of ether oxygens (including phenoxy) is 1. The maximum Gasteiger partial charge on any atom is 0.387 e. The Balaban J connectivity index is 2.01. The van der Waals surface area contributed by atoms with E-state index in [1.807, 2.05) is 0 Å². The van der Waals surface area contributed by atoms with E-state index in [2.05, 4.69) is 10.1 Å². The highest BCUT2D eigenvalue weighted by Gasteiger charge is 2.31. The number of benzene rings is 1. The lowest BCUT2D eigenvalue weighted by Gasteiger charge is -2.22. The number of carbonyl (C=O) groups is 1. The lowest BCUT2D eigenvalue weighted by atomic mass is 10.0. The molecule has 0 radical (unpaired) electrons. The third-order valence-corrected chi connectivity index (χ3v) is 3.46. The van der Waals surface area contributed by atoms with Crippen molar-refractivity contribution < 1.29 is 23.4 Å². The topological polar surface area (TPSA) is 58.6 Å². The van der Waals surface area contributed by atoms with E-state index in [0.717, 1.165) is 12.8 Å². The van der Waals surface area contributed by atoms with Crippen LogP contribution in [-0.2, 0) is 0 Å². The summed E-state index contributed by atoms with van der Waals surface area (Å²) in [5, 5.41) is 12.7. The van der Waals surface area contributed by atoms with Gasteiger partial charge in [-0.05, 0) is 25.0 Å². The molecule has 4 nitrogen and oxygen atoms in total. The third kappa shape index (κ3) is 3.66. The Bertz CT molecular complexity index is 473. The molecule has 1 saturated carbocycles. The van der Waals surface area contributed by atoms with E-state index in [4.69, 9.17) is 0 Å². The number of amides is 1. The summed E-state index contributed by atoms with van der Waals surface area (Å²) in [5.74, 6) is -0.694. The van der Waals surface area contributed by atoms with Gasteiger partial charge in [-0.2, -0.15) is 8.78 Å². The summed E-state index contributed by atoms with van der Waals surface area (Å²) in [5.41, 5.74) is -0.844. The van der Waals surface area contributed by atoms with Crippen LogP contribution in [0.2, 0.25) is 0 Å². The van der Waals surface area contributed by atoms with Gasteiger partial charge in [0.15, 0.2) is 0 Å². The second kappa shape index (κ2) is 6.17. The summed E-state index contributed by atoms with van der Waals surface area (Å²) >= 11 is 0. The lowest BCUT2D eigenvalue weighted by molar-refractivity contribution is -0.0502. The molecular formula is C14H17F2NO3. The van der Waals surface area contributed by atoms with Crippen LogP contribution in [0.4, 0.5) is 8.78 Å². The zero-order valence-electron chi connectivity index (χ0n) is 10.9. The molecule has 0 bridgehead atoms. The fourth-order valence-electron chi connectivity index (χ4n) is 2.40. The molecule has 1 aromatic carbocycles. The van der Waals surface area contributed by atoms with E-state index in [-0.39, 0.29) is 17.9 Å². The lowest BCUT2D eigenvalue weighted by Crippen LogP contribution is -2.40. The SMILES string of the molecule is O=C(NCC1(O)CCCC1)c1ccccc1OC(F)F. The predicted octanol–water partition coefficient (Wildman–Crippen LogP) is 2.32. The highest BCUT2D eigenvalue weighted by atomic mass is 19.3. The third-order valence-electron chi connectivity index (χ3n) is 3.46. The van der Waals surface area contributed by atoms with E-state index in [1.54, 1.807) is 6.07 Å². The average Bonchev–Trinajstić information content (AvgIpc) is 2.83. The van der Waals surface area contributed by atoms with Crippen LogP contribution < -0.4 is 10.1 Å². The van der Waals surface area contributed by atoms with Gasteiger partial charge in [0, 0.05) is 6.54 Å². The molecule has 2 N–H and O–H groups in total. The van der Waals surface area contributed by atoms with Crippen molar-refractivity contribution >= 4 is 5.91 Å². The molecule has 0 spiro atoms. The molecule has 0 heterocycles. The maximum atomic E-state index is 12.3. The monoisotopic (exact) mass is 285 g/mol. The molecule has 2 rings (SSSR count). The highest BCUT2D eigenvalue weighted by molar-refractivity contribution is 5.96. The van der Waals surface area contributed by atoms with Crippen molar-refractivity contribution in [2.24, 2.45) is 0 Å². The van der Waals surface area contributed by atoms with Crippen LogP contribution in [0.25, 0.3) is 0 Å². The van der Waals surface area contributed by atoms with Gasteiger partial charge in [0.05, 0.1) is 11.2 Å². The van der Waals surface area contributed by atoms with E-state index >= 15 is 0 Å². The van der Waals surface area contributed by atoms with Crippen molar-refractivity contribution in [3.8, 4) is 5.75 Å². The van der Waals surface area contributed by atoms with Gasteiger partial charge in [-0.15, -0.1) is 0 Å². The second-order valence-corrected chi connectivity index (χ2v) is 4.99. The number of carbonyl (C=O) groups excluding carboxylic acids is 1. The Labute approximate surface area is 115 Å². The average molecular weight is 285 g/mol. The van der Waals surface area contributed by atoms with Gasteiger partial charge in [0.1, 0.15) is 5.75 Å². The number of hydrogen-bond donors (Lipinski definition) is 2. The van der Waals surface area contributed by atoms with Crippen molar-refractivity contribution in [1.29, 1.82) is 0 Å². The normalized spacial score (nSPS) is 17.2. The quantitative estimate of drug-likeness (QED) is 0.873. The Morgan fingerprint density at radius 2 is 2.00 bits per heavy atom. The number of para-hydroxylation sites is 1. The van der Waals surface area contributed by atoms with Gasteiger partial charge in [0.25, 0.3) is 5.91 Å². The van der Waals surface area contributed by atoms with E-state index < -0.39 is 18.1 Å². The number of hydrogen-bond acceptors (Lipinski definition) is 3. The summed E-state index contributed by atoms with van der Waals surface area (Å²) in [6, 6.07) is 5.80. The minimum Gasteiger partial charge on any atom is -0.434 e. The first-order chi connectivity index (χ1) is 9.50. The van der Waals surface area contributed by atoms with Crippen molar-refractivity contribution in [3.05, 3.63) is 29.8 Å². The minimum absolute atomic E-state index is 0.0365. The molecular weight excluding hydrogens is 268 g/mol. The fraction of sp³-hybridized carbons (Fsp3) is 0.500. The van der Waals surface area contributed by atoms with Gasteiger partial charge >= 0.3 is 6.61 Å². The van der Waals surface area contributed by atoms with E-state index in [0.29, 0.717) is 12.8 Å². The van der Waals surface area contributed by atoms with Gasteiger partial charge in [-0.25, -0.2) is 0 Å². The first-order valence-corrected chi connectivity index (χ1v) is 6.55. The molecule has 0 atom stereocenters.